The van der Waals surface area contributed by atoms with Gasteiger partial charge in [0, 0.05) is 21.8 Å². The zero-order chi connectivity index (χ0) is 20.5. The van der Waals surface area contributed by atoms with Crippen molar-refractivity contribution in [2.24, 2.45) is 0 Å². The summed E-state index contributed by atoms with van der Waals surface area (Å²) >= 11 is 6.31. The molecule has 1 aliphatic rings. The maximum Gasteiger partial charge on any atom is 0.150 e. The van der Waals surface area contributed by atoms with E-state index in [0.717, 1.165) is 40.0 Å². The zero-order valence-corrected chi connectivity index (χ0v) is 16.9. The van der Waals surface area contributed by atoms with Crippen molar-refractivity contribution in [2.45, 2.75) is 6.17 Å². The first-order chi connectivity index (χ1) is 14.8. The number of hydrogen-bond acceptors (Lipinski definition) is 3. The minimum atomic E-state index is -0.0661. The normalized spacial score (nSPS) is 14.8. The monoisotopic (exact) mass is 410 g/mol. The molecule has 146 valence electrons. The SMILES string of the molecule is O=Cc1ccc(Cl)cc1-c1cccc2c1N(c1ccccc1)C(c1ccccc1)N2. The molecule has 3 nitrogen and oxygen atoms in total. The number of nitrogens with one attached hydrogen (secondary N) is 1. The Balaban J connectivity index is 1.75. The van der Waals surface area contributed by atoms with Crippen molar-refractivity contribution in [1.29, 1.82) is 0 Å². The summed E-state index contributed by atoms with van der Waals surface area (Å²) in [6.07, 6.45) is 0.818. The number of fused-ring (bicyclic) bond motifs is 1. The van der Waals surface area contributed by atoms with Crippen molar-refractivity contribution < 1.29 is 4.79 Å². The Kier molecular flexibility index (Phi) is 4.74. The fourth-order valence-corrected chi connectivity index (χ4v) is 4.25. The molecule has 1 N–H and O–H groups in total. The number of para-hydroxylation sites is 2. The van der Waals surface area contributed by atoms with Crippen LogP contribution in [0, 0.1) is 0 Å². The van der Waals surface area contributed by atoms with Crippen molar-refractivity contribution >= 4 is 34.9 Å². The summed E-state index contributed by atoms with van der Waals surface area (Å²) in [7, 11) is 0. The van der Waals surface area contributed by atoms with E-state index >= 15 is 0 Å². The molecule has 0 aliphatic carbocycles. The van der Waals surface area contributed by atoms with E-state index < -0.39 is 0 Å². The first-order valence-corrected chi connectivity index (χ1v) is 10.2. The first kappa shape index (κ1) is 18.5. The molecule has 0 saturated heterocycles. The molecule has 0 spiro atoms. The molecule has 0 saturated carbocycles. The van der Waals surface area contributed by atoms with Gasteiger partial charge in [-0.3, -0.25) is 4.79 Å². The molecule has 0 radical (unpaired) electrons. The largest absolute Gasteiger partial charge is 0.359 e. The van der Waals surface area contributed by atoms with Gasteiger partial charge in [-0.25, -0.2) is 0 Å². The second-order valence-electron chi connectivity index (χ2n) is 7.21. The maximum atomic E-state index is 11.8. The lowest BCUT2D eigenvalue weighted by Crippen LogP contribution is -2.23. The summed E-state index contributed by atoms with van der Waals surface area (Å²) in [6.45, 7) is 0. The molecule has 4 aromatic rings. The van der Waals surface area contributed by atoms with E-state index in [0.29, 0.717) is 10.6 Å². The Hall–Kier alpha value is -3.56. The Bertz CT molecular complexity index is 1210. The van der Waals surface area contributed by atoms with Gasteiger partial charge in [0.15, 0.2) is 6.29 Å². The number of halogens is 1. The minimum absolute atomic E-state index is 0.0661. The summed E-state index contributed by atoms with van der Waals surface area (Å²) in [6, 6.07) is 32.1. The second kappa shape index (κ2) is 7.69. The van der Waals surface area contributed by atoms with Crippen LogP contribution in [0.15, 0.2) is 97.1 Å². The van der Waals surface area contributed by atoms with Crippen LogP contribution in [0.25, 0.3) is 11.1 Å². The van der Waals surface area contributed by atoms with Crippen LogP contribution in [0.3, 0.4) is 0 Å². The standard InChI is InChI=1S/C26H19ClN2O/c27-20-15-14-19(17-30)23(16-20)22-12-7-13-24-25(22)29(21-10-5-2-6-11-21)26(28-24)18-8-3-1-4-9-18/h1-17,26,28H. The Morgan fingerprint density at radius 1 is 0.800 bits per heavy atom. The van der Waals surface area contributed by atoms with E-state index in [4.69, 9.17) is 11.6 Å². The number of anilines is 3. The highest BCUT2D eigenvalue weighted by Gasteiger charge is 2.33. The lowest BCUT2D eigenvalue weighted by atomic mass is 9.97. The van der Waals surface area contributed by atoms with Crippen LogP contribution < -0.4 is 10.2 Å². The molecule has 0 amide bonds. The highest BCUT2D eigenvalue weighted by Crippen LogP contribution is 2.51. The minimum Gasteiger partial charge on any atom is -0.359 e. The van der Waals surface area contributed by atoms with Crippen LogP contribution >= 0.6 is 11.6 Å². The summed E-state index contributed by atoms with van der Waals surface area (Å²) in [4.78, 5) is 14.1. The lowest BCUT2D eigenvalue weighted by molar-refractivity contribution is 0.112. The summed E-state index contributed by atoms with van der Waals surface area (Å²) < 4.78 is 0. The number of rotatable bonds is 4. The third-order valence-electron chi connectivity index (χ3n) is 5.41. The van der Waals surface area contributed by atoms with Crippen molar-refractivity contribution in [3.8, 4) is 11.1 Å². The number of benzene rings is 4. The highest BCUT2D eigenvalue weighted by molar-refractivity contribution is 6.31. The zero-order valence-electron chi connectivity index (χ0n) is 16.1. The number of carbonyl (C=O) groups is 1. The molecular formula is C26H19ClN2O. The van der Waals surface area contributed by atoms with E-state index in [1.54, 1.807) is 12.1 Å². The number of nitrogens with zero attached hydrogens (tertiary/aromatic N) is 1. The van der Waals surface area contributed by atoms with Gasteiger partial charge in [0.05, 0.1) is 11.4 Å². The van der Waals surface area contributed by atoms with Crippen LogP contribution in [0.2, 0.25) is 5.02 Å². The smallest absolute Gasteiger partial charge is 0.150 e. The van der Waals surface area contributed by atoms with E-state index in [1.807, 2.05) is 54.6 Å². The molecule has 0 aromatic heterocycles. The van der Waals surface area contributed by atoms with E-state index in [2.05, 4.69) is 40.5 Å². The molecule has 0 bridgehead atoms. The average molecular weight is 411 g/mol. The molecule has 1 heterocycles. The van der Waals surface area contributed by atoms with Gasteiger partial charge in [-0.1, -0.05) is 72.3 Å². The molecule has 1 aliphatic heterocycles. The Morgan fingerprint density at radius 3 is 2.27 bits per heavy atom. The molecule has 4 aromatic carbocycles. The van der Waals surface area contributed by atoms with Crippen LogP contribution in [-0.4, -0.2) is 6.29 Å². The van der Waals surface area contributed by atoms with Gasteiger partial charge in [0.2, 0.25) is 0 Å². The fourth-order valence-electron chi connectivity index (χ4n) is 4.08. The second-order valence-corrected chi connectivity index (χ2v) is 7.65. The van der Waals surface area contributed by atoms with Crippen molar-refractivity contribution in [1.82, 2.24) is 0 Å². The average Bonchev–Trinajstić information content (AvgIpc) is 3.20. The molecule has 0 fully saturated rings. The maximum absolute atomic E-state index is 11.8. The van der Waals surface area contributed by atoms with Crippen molar-refractivity contribution in [2.75, 3.05) is 10.2 Å². The summed E-state index contributed by atoms with van der Waals surface area (Å²) in [5.74, 6) is 0. The van der Waals surface area contributed by atoms with Gasteiger partial charge in [0.1, 0.15) is 6.17 Å². The molecule has 1 unspecified atom stereocenters. The predicted octanol–water partition coefficient (Wildman–Crippen LogP) is 7.08. The van der Waals surface area contributed by atoms with Crippen LogP contribution in [0.5, 0.6) is 0 Å². The molecular weight excluding hydrogens is 392 g/mol. The summed E-state index contributed by atoms with van der Waals surface area (Å²) in [5, 5.41) is 4.27. The lowest BCUT2D eigenvalue weighted by Gasteiger charge is -2.29. The van der Waals surface area contributed by atoms with Crippen molar-refractivity contribution in [3.05, 3.63) is 113 Å². The quantitative estimate of drug-likeness (QED) is 0.365. The van der Waals surface area contributed by atoms with Gasteiger partial charge in [0.25, 0.3) is 0 Å². The molecule has 5 rings (SSSR count). The van der Waals surface area contributed by atoms with E-state index in [1.165, 1.54) is 0 Å². The third-order valence-corrected chi connectivity index (χ3v) is 5.64. The highest BCUT2D eigenvalue weighted by atomic mass is 35.5. The van der Waals surface area contributed by atoms with Gasteiger partial charge in [-0.05, 0) is 47.5 Å². The van der Waals surface area contributed by atoms with Gasteiger partial charge < -0.3 is 10.2 Å². The van der Waals surface area contributed by atoms with Gasteiger partial charge >= 0.3 is 0 Å². The van der Waals surface area contributed by atoms with Crippen LogP contribution in [0.4, 0.5) is 17.1 Å². The van der Waals surface area contributed by atoms with Gasteiger partial charge in [-0.2, -0.15) is 0 Å². The van der Waals surface area contributed by atoms with Crippen LogP contribution in [-0.2, 0) is 0 Å². The van der Waals surface area contributed by atoms with E-state index in [9.17, 15) is 4.79 Å². The first-order valence-electron chi connectivity index (χ1n) is 9.80. The number of hydrogen-bond donors (Lipinski definition) is 1. The van der Waals surface area contributed by atoms with Crippen molar-refractivity contribution in [3.63, 3.8) is 0 Å². The van der Waals surface area contributed by atoms with Crippen LogP contribution in [0.1, 0.15) is 22.1 Å². The molecule has 4 heteroatoms. The number of aldehydes is 1. The predicted molar refractivity (Wildman–Crippen MR) is 124 cm³/mol. The fraction of sp³-hybridized carbons (Fsp3) is 0.0385. The Morgan fingerprint density at radius 2 is 1.53 bits per heavy atom. The Labute approximate surface area is 180 Å². The third kappa shape index (κ3) is 3.14. The topological polar surface area (TPSA) is 32.3 Å². The van der Waals surface area contributed by atoms with E-state index in [-0.39, 0.29) is 6.17 Å². The molecule has 1 atom stereocenters. The van der Waals surface area contributed by atoms with Gasteiger partial charge in [-0.15, -0.1) is 0 Å². The number of carbonyl (C=O) groups excluding carboxylic acids is 1. The molecule has 30 heavy (non-hydrogen) atoms. The summed E-state index contributed by atoms with van der Waals surface area (Å²) in [5.41, 5.74) is 6.68.